The van der Waals surface area contributed by atoms with Gasteiger partial charge in [-0.2, -0.15) is 0 Å². The van der Waals surface area contributed by atoms with Crippen molar-refractivity contribution in [3.05, 3.63) is 54.1 Å². The van der Waals surface area contributed by atoms with E-state index in [-0.39, 0.29) is 15.5 Å². The maximum absolute atomic E-state index is 12.4. The Labute approximate surface area is 142 Å². The fraction of sp³-hybridized carbons (Fsp3) is 0.250. The lowest BCUT2D eigenvalue weighted by Crippen LogP contribution is -2.14. The van der Waals surface area contributed by atoms with Crippen molar-refractivity contribution in [3.63, 3.8) is 0 Å². The second-order valence-electron chi connectivity index (χ2n) is 5.55. The topological polar surface area (TPSA) is 106 Å². The predicted molar refractivity (Wildman–Crippen MR) is 93.8 cm³/mol. The minimum atomic E-state index is -3.81. The van der Waals surface area contributed by atoms with E-state index >= 15 is 0 Å². The Kier molecular flexibility index (Phi) is 5.32. The molecule has 6 nitrogen and oxygen atoms in total. The van der Waals surface area contributed by atoms with Gasteiger partial charge in [-0.25, -0.2) is 22.0 Å². The molecule has 130 valence electrons. The first kappa shape index (κ1) is 18.4. The Bertz CT molecular complexity index is 904. The minimum Gasteiger partial charge on any atom is -0.280 e. The van der Waals surface area contributed by atoms with Crippen molar-refractivity contribution in [3.8, 4) is 0 Å². The maximum atomic E-state index is 12.4. The molecule has 8 heteroatoms. The summed E-state index contributed by atoms with van der Waals surface area (Å²) in [5.41, 5.74) is 1.34. The monoisotopic (exact) mass is 368 g/mol. The van der Waals surface area contributed by atoms with Gasteiger partial charge in [-0.3, -0.25) is 4.72 Å². The molecule has 0 saturated carbocycles. The third kappa shape index (κ3) is 4.34. The first-order valence-corrected chi connectivity index (χ1v) is 10.4. The molecule has 0 aliphatic rings. The average molecular weight is 368 g/mol. The summed E-state index contributed by atoms with van der Waals surface area (Å²) in [5, 5.41) is 5.01. The molecule has 2 aromatic rings. The minimum absolute atomic E-state index is 0.0802. The molecule has 0 bridgehead atoms. The molecule has 0 aliphatic carbocycles. The van der Waals surface area contributed by atoms with Gasteiger partial charge >= 0.3 is 0 Å². The van der Waals surface area contributed by atoms with E-state index in [0.717, 1.165) is 12.0 Å². The summed E-state index contributed by atoms with van der Waals surface area (Å²) in [5.74, 6) is 0.362. The standard InChI is InChI=1S/C16H20N2O4S2/c1-3-12(2)13-4-8-16(9-5-13)24(21,22)18-14-6-10-15(11-7-14)23(17,19)20/h4-12,18H,3H2,1-2H3,(H2,17,19,20)/t12-/m0/s1. The first-order chi connectivity index (χ1) is 11.1. The predicted octanol–water partition coefficient (Wildman–Crippen LogP) is 2.65. The second kappa shape index (κ2) is 6.92. The lowest BCUT2D eigenvalue weighted by atomic mass is 9.99. The molecule has 0 heterocycles. The van der Waals surface area contributed by atoms with Gasteiger partial charge in [0.2, 0.25) is 10.0 Å². The number of nitrogens with two attached hydrogens (primary N) is 1. The van der Waals surface area contributed by atoms with Crippen LogP contribution in [-0.4, -0.2) is 16.8 Å². The zero-order valence-corrected chi connectivity index (χ0v) is 15.1. The molecule has 2 rings (SSSR count). The number of hydrogen-bond acceptors (Lipinski definition) is 4. The van der Waals surface area contributed by atoms with Crippen LogP contribution in [0.2, 0.25) is 0 Å². The van der Waals surface area contributed by atoms with Crippen LogP contribution in [0.5, 0.6) is 0 Å². The molecular formula is C16H20N2O4S2. The van der Waals surface area contributed by atoms with E-state index in [1.807, 2.05) is 0 Å². The fourth-order valence-corrected chi connectivity index (χ4v) is 3.71. The number of rotatable bonds is 6. The summed E-state index contributed by atoms with van der Waals surface area (Å²) in [4.78, 5) is 0.0634. The van der Waals surface area contributed by atoms with E-state index in [4.69, 9.17) is 5.14 Å². The highest BCUT2D eigenvalue weighted by molar-refractivity contribution is 7.92. The fourth-order valence-electron chi connectivity index (χ4n) is 2.14. The summed E-state index contributed by atoms with van der Waals surface area (Å²) in [6.07, 6.45) is 0.973. The van der Waals surface area contributed by atoms with Crippen LogP contribution in [-0.2, 0) is 20.0 Å². The van der Waals surface area contributed by atoms with Crippen molar-refractivity contribution >= 4 is 25.7 Å². The number of nitrogens with one attached hydrogen (secondary N) is 1. The van der Waals surface area contributed by atoms with Crippen LogP contribution in [0.1, 0.15) is 31.7 Å². The molecule has 3 N–H and O–H groups in total. The Balaban J connectivity index is 2.22. The average Bonchev–Trinajstić information content (AvgIpc) is 2.53. The molecule has 24 heavy (non-hydrogen) atoms. The summed E-state index contributed by atoms with van der Waals surface area (Å²) in [6, 6.07) is 11.9. The van der Waals surface area contributed by atoms with Gasteiger partial charge in [-0.15, -0.1) is 0 Å². The molecule has 0 unspecified atom stereocenters. The SMILES string of the molecule is CC[C@H](C)c1ccc(S(=O)(=O)Nc2ccc(S(N)(=O)=O)cc2)cc1. The van der Waals surface area contributed by atoms with E-state index in [0.29, 0.717) is 5.92 Å². The molecule has 0 fully saturated rings. The molecule has 0 aromatic heterocycles. The lowest BCUT2D eigenvalue weighted by Gasteiger charge is -2.11. The molecule has 0 amide bonds. The van der Waals surface area contributed by atoms with Gasteiger partial charge in [0.25, 0.3) is 10.0 Å². The van der Waals surface area contributed by atoms with Gasteiger partial charge in [0, 0.05) is 5.69 Å². The number of hydrogen-bond donors (Lipinski definition) is 2. The van der Waals surface area contributed by atoms with E-state index in [9.17, 15) is 16.8 Å². The van der Waals surface area contributed by atoms with Crippen molar-refractivity contribution in [2.45, 2.75) is 36.0 Å². The van der Waals surface area contributed by atoms with Crippen LogP contribution >= 0.6 is 0 Å². The molecule has 1 atom stereocenters. The molecule has 2 aromatic carbocycles. The van der Waals surface area contributed by atoms with Crippen molar-refractivity contribution < 1.29 is 16.8 Å². The quantitative estimate of drug-likeness (QED) is 0.817. The number of benzene rings is 2. The van der Waals surface area contributed by atoms with Crippen LogP contribution in [0, 0.1) is 0 Å². The first-order valence-electron chi connectivity index (χ1n) is 7.39. The van der Waals surface area contributed by atoms with E-state index in [1.54, 1.807) is 24.3 Å². The van der Waals surface area contributed by atoms with Crippen molar-refractivity contribution in [2.75, 3.05) is 4.72 Å². The Morgan fingerprint density at radius 2 is 1.42 bits per heavy atom. The maximum Gasteiger partial charge on any atom is 0.261 e. The zero-order chi connectivity index (χ0) is 18.0. The number of anilines is 1. The summed E-state index contributed by atoms with van der Waals surface area (Å²) in [7, 11) is -7.55. The van der Waals surface area contributed by atoms with Crippen molar-refractivity contribution in [1.82, 2.24) is 0 Å². The van der Waals surface area contributed by atoms with Crippen molar-refractivity contribution in [1.29, 1.82) is 0 Å². The highest BCUT2D eigenvalue weighted by atomic mass is 32.2. The largest absolute Gasteiger partial charge is 0.280 e. The Morgan fingerprint density at radius 1 is 0.917 bits per heavy atom. The normalized spacial score (nSPS) is 13.5. The molecule has 0 spiro atoms. The zero-order valence-electron chi connectivity index (χ0n) is 13.4. The molecule has 0 aliphatic heterocycles. The Morgan fingerprint density at radius 3 is 1.88 bits per heavy atom. The van der Waals surface area contributed by atoms with Crippen molar-refractivity contribution in [2.24, 2.45) is 5.14 Å². The van der Waals surface area contributed by atoms with Crippen LogP contribution in [0.15, 0.2) is 58.3 Å². The third-order valence-electron chi connectivity index (χ3n) is 3.81. The molecule has 0 radical (unpaired) electrons. The van der Waals surface area contributed by atoms with Crippen LogP contribution in [0.25, 0.3) is 0 Å². The lowest BCUT2D eigenvalue weighted by molar-refractivity contribution is 0.597. The highest BCUT2D eigenvalue weighted by Crippen LogP contribution is 2.22. The molecule has 0 saturated heterocycles. The summed E-state index contributed by atoms with van der Waals surface area (Å²) >= 11 is 0. The second-order valence-corrected chi connectivity index (χ2v) is 8.80. The van der Waals surface area contributed by atoms with E-state index in [2.05, 4.69) is 18.6 Å². The van der Waals surface area contributed by atoms with E-state index in [1.165, 1.54) is 24.3 Å². The van der Waals surface area contributed by atoms with E-state index < -0.39 is 20.0 Å². The van der Waals surface area contributed by atoms with Crippen LogP contribution in [0.4, 0.5) is 5.69 Å². The number of sulfonamides is 2. The third-order valence-corrected chi connectivity index (χ3v) is 6.13. The van der Waals surface area contributed by atoms with Gasteiger partial charge in [0.1, 0.15) is 0 Å². The van der Waals surface area contributed by atoms with Gasteiger partial charge in [0.15, 0.2) is 0 Å². The van der Waals surface area contributed by atoms with Gasteiger partial charge in [-0.1, -0.05) is 26.0 Å². The smallest absolute Gasteiger partial charge is 0.261 e. The van der Waals surface area contributed by atoms with Crippen LogP contribution in [0.3, 0.4) is 0 Å². The number of primary sulfonamides is 1. The van der Waals surface area contributed by atoms with Gasteiger partial charge < -0.3 is 0 Å². The van der Waals surface area contributed by atoms with Gasteiger partial charge in [0.05, 0.1) is 9.79 Å². The summed E-state index contributed by atoms with van der Waals surface area (Å²) < 4.78 is 49.6. The Hall–Kier alpha value is -1.90. The highest BCUT2D eigenvalue weighted by Gasteiger charge is 2.15. The van der Waals surface area contributed by atoms with Crippen LogP contribution < -0.4 is 9.86 Å². The van der Waals surface area contributed by atoms with Gasteiger partial charge in [-0.05, 0) is 54.3 Å². The molecular weight excluding hydrogens is 348 g/mol. The summed E-state index contributed by atoms with van der Waals surface area (Å²) in [6.45, 7) is 4.15.